The molecule has 0 spiro atoms. The van der Waals surface area contributed by atoms with Crippen LogP contribution in [-0.2, 0) is 24.1 Å². The Labute approximate surface area is 256 Å². The zero-order valence-electron chi connectivity index (χ0n) is 26.5. The maximum atomic E-state index is 12.7. The van der Waals surface area contributed by atoms with Crippen molar-refractivity contribution < 1.29 is 9.53 Å². The van der Waals surface area contributed by atoms with Crippen LogP contribution in [0, 0.1) is 0 Å². The molecule has 0 bridgehead atoms. The monoisotopic (exact) mass is 581 g/mol. The molecule has 0 unspecified atom stereocenters. The summed E-state index contributed by atoms with van der Waals surface area (Å²) in [7, 11) is 0. The number of carbonyl (C=O) groups excluding carboxylic acids is 1. The van der Waals surface area contributed by atoms with Crippen molar-refractivity contribution in [2.75, 3.05) is 13.1 Å². The standard InChI is InChI=1S/C37H59NO2S/c1-3-5-6-7-8-9-10-11-12-13-14-15-16-17-18-24-37(39)40-36-23-19-21-32-31-33(25-26-35(32)36)38(28-4-2)29-27-34-22-20-30-41-34/h19-23,30,33H,3-18,24-29,31H2,1-2H3/t33-/m0/s1. The van der Waals surface area contributed by atoms with Crippen LogP contribution in [0.15, 0.2) is 35.7 Å². The molecular weight excluding hydrogens is 522 g/mol. The number of thiophene rings is 1. The summed E-state index contributed by atoms with van der Waals surface area (Å²) in [6.07, 6.45) is 26.1. The van der Waals surface area contributed by atoms with E-state index in [0.717, 1.165) is 57.4 Å². The average Bonchev–Trinajstić information content (AvgIpc) is 3.51. The number of nitrogens with zero attached hydrogens (tertiary/aromatic N) is 1. The number of hydrogen-bond acceptors (Lipinski definition) is 4. The minimum Gasteiger partial charge on any atom is -0.426 e. The highest BCUT2D eigenvalue weighted by molar-refractivity contribution is 7.09. The first-order chi connectivity index (χ1) is 20.2. The van der Waals surface area contributed by atoms with Crippen LogP contribution >= 0.6 is 11.3 Å². The fourth-order valence-electron chi connectivity index (χ4n) is 6.45. The van der Waals surface area contributed by atoms with Crippen LogP contribution in [0.2, 0.25) is 0 Å². The summed E-state index contributed by atoms with van der Waals surface area (Å²) in [5, 5.41) is 2.18. The van der Waals surface area contributed by atoms with E-state index >= 15 is 0 Å². The second-order valence-corrected chi connectivity index (χ2v) is 13.4. The average molecular weight is 582 g/mol. The second kappa shape index (κ2) is 21.1. The third-order valence-corrected chi connectivity index (χ3v) is 9.81. The van der Waals surface area contributed by atoms with Crippen LogP contribution in [0.3, 0.4) is 0 Å². The Morgan fingerprint density at radius 1 is 0.805 bits per heavy atom. The zero-order valence-corrected chi connectivity index (χ0v) is 27.3. The Hall–Kier alpha value is -1.65. The Kier molecular flexibility index (Phi) is 17.4. The van der Waals surface area contributed by atoms with E-state index in [9.17, 15) is 4.79 Å². The Bertz CT molecular complexity index is 940. The molecule has 1 aliphatic rings. The highest BCUT2D eigenvalue weighted by atomic mass is 32.1. The van der Waals surface area contributed by atoms with E-state index in [1.54, 1.807) is 0 Å². The highest BCUT2D eigenvalue weighted by Gasteiger charge is 2.26. The summed E-state index contributed by atoms with van der Waals surface area (Å²) in [5.41, 5.74) is 2.64. The molecule has 3 nitrogen and oxygen atoms in total. The predicted molar refractivity (Wildman–Crippen MR) is 177 cm³/mol. The van der Waals surface area contributed by atoms with E-state index in [4.69, 9.17) is 4.74 Å². The minimum atomic E-state index is -0.0567. The van der Waals surface area contributed by atoms with Gasteiger partial charge in [-0.15, -0.1) is 11.3 Å². The van der Waals surface area contributed by atoms with Gasteiger partial charge in [-0.25, -0.2) is 0 Å². The molecule has 0 N–H and O–H groups in total. The van der Waals surface area contributed by atoms with Crippen molar-refractivity contribution in [3.05, 3.63) is 51.7 Å². The highest BCUT2D eigenvalue weighted by Crippen LogP contribution is 2.32. The first kappa shape index (κ1) is 33.8. The molecule has 0 radical (unpaired) electrons. The van der Waals surface area contributed by atoms with E-state index < -0.39 is 0 Å². The van der Waals surface area contributed by atoms with Crippen molar-refractivity contribution >= 4 is 17.3 Å². The minimum absolute atomic E-state index is 0.0567. The van der Waals surface area contributed by atoms with Gasteiger partial charge in [-0.1, -0.05) is 122 Å². The molecule has 0 aliphatic heterocycles. The lowest BCUT2D eigenvalue weighted by molar-refractivity contribution is -0.134. The normalized spacial score (nSPS) is 14.9. The molecule has 0 saturated heterocycles. The number of rotatable bonds is 23. The molecule has 41 heavy (non-hydrogen) atoms. The second-order valence-electron chi connectivity index (χ2n) is 12.3. The van der Waals surface area contributed by atoms with Gasteiger partial charge >= 0.3 is 5.97 Å². The van der Waals surface area contributed by atoms with Crippen molar-refractivity contribution in [3.8, 4) is 5.75 Å². The summed E-state index contributed by atoms with van der Waals surface area (Å²) in [6, 6.07) is 11.3. The van der Waals surface area contributed by atoms with Crippen molar-refractivity contribution in [1.82, 2.24) is 4.90 Å². The van der Waals surface area contributed by atoms with Crippen molar-refractivity contribution in [1.29, 1.82) is 0 Å². The topological polar surface area (TPSA) is 29.5 Å². The van der Waals surface area contributed by atoms with Gasteiger partial charge in [0.15, 0.2) is 0 Å². The molecular formula is C37H59NO2S. The van der Waals surface area contributed by atoms with Gasteiger partial charge in [0.1, 0.15) is 5.75 Å². The summed E-state index contributed by atoms with van der Waals surface area (Å²) in [6.45, 7) is 6.85. The Morgan fingerprint density at radius 3 is 2.07 bits per heavy atom. The van der Waals surface area contributed by atoms with Gasteiger partial charge in [0, 0.05) is 23.9 Å². The van der Waals surface area contributed by atoms with Crippen LogP contribution < -0.4 is 4.74 Å². The fraction of sp³-hybridized carbons (Fsp3) is 0.703. The van der Waals surface area contributed by atoms with Crippen LogP contribution in [0.4, 0.5) is 0 Å². The predicted octanol–water partition coefficient (Wildman–Crippen LogP) is 10.7. The number of unbranched alkanes of at least 4 members (excludes halogenated alkanes) is 14. The summed E-state index contributed by atoms with van der Waals surface area (Å²) >= 11 is 1.87. The molecule has 1 heterocycles. The largest absolute Gasteiger partial charge is 0.426 e. The lowest BCUT2D eigenvalue weighted by Crippen LogP contribution is -2.41. The first-order valence-electron chi connectivity index (χ1n) is 17.3. The lowest BCUT2D eigenvalue weighted by Gasteiger charge is -2.35. The SMILES string of the molecule is CCCCCCCCCCCCCCCCCC(=O)Oc1cccc2c1CC[C@H](N(CCC)CCc1cccs1)C2. The molecule has 0 amide bonds. The number of esters is 1. The first-order valence-corrected chi connectivity index (χ1v) is 18.2. The smallest absolute Gasteiger partial charge is 0.311 e. The molecule has 1 aliphatic carbocycles. The molecule has 1 aromatic carbocycles. The van der Waals surface area contributed by atoms with Crippen LogP contribution in [0.25, 0.3) is 0 Å². The summed E-state index contributed by atoms with van der Waals surface area (Å²) in [4.78, 5) is 16.8. The molecule has 1 aromatic heterocycles. The number of fused-ring (bicyclic) bond motifs is 1. The molecule has 0 fully saturated rings. The number of carbonyl (C=O) groups is 1. The van der Waals surface area contributed by atoms with Crippen LogP contribution in [0.5, 0.6) is 5.75 Å². The number of ether oxygens (including phenoxy) is 1. The Balaban J connectivity index is 1.27. The molecule has 4 heteroatoms. The van der Waals surface area contributed by atoms with E-state index in [1.165, 1.54) is 106 Å². The van der Waals surface area contributed by atoms with Gasteiger partial charge < -0.3 is 4.74 Å². The quantitative estimate of drug-likeness (QED) is 0.0742. The zero-order chi connectivity index (χ0) is 29.0. The van der Waals surface area contributed by atoms with Gasteiger partial charge in [0.05, 0.1) is 0 Å². The van der Waals surface area contributed by atoms with Gasteiger partial charge in [-0.05, 0) is 73.7 Å². The summed E-state index contributed by atoms with van der Waals surface area (Å²) in [5.74, 6) is 0.756. The van der Waals surface area contributed by atoms with E-state index in [1.807, 2.05) is 17.4 Å². The van der Waals surface area contributed by atoms with Crippen molar-refractivity contribution in [2.45, 2.75) is 155 Å². The molecule has 230 valence electrons. The maximum Gasteiger partial charge on any atom is 0.311 e. The third kappa shape index (κ3) is 13.5. The van der Waals surface area contributed by atoms with Gasteiger partial charge in [0.25, 0.3) is 0 Å². The van der Waals surface area contributed by atoms with Crippen LogP contribution in [-0.4, -0.2) is 30.0 Å². The number of benzene rings is 1. The van der Waals surface area contributed by atoms with Gasteiger partial charge in [-0.2, -0.15) is 0 Å². The maximum absolute atomic E-state index is 12.7. The molecule has 1 atom stereocenters. The van der Waals surface area contributed by atoms with Gasteiger partial charge in [-0.3, -0.25) is 9.69 Å². The molecule has 0 saturated carbocycles. The Morgan fingerprint density at radius 2 is 1.46 bits per heavy atom. The van der Waals surface area contributed by atoms with Crippen molar-refractivity contribution in [3.63, 3.8) is 0 Å². The fourth-order valence-corrected chi connectivity index (χ4v) is 7.15. The van der Waals surface area contributed by atoms with E-state index in [0.29, 0.717) is 12.5 Å². The van der Waals surface area contributed by atoms with Crippen molar-refractivity contribution in [2.24, 2.45) is 0 Å². The van der Waals surface area contributed by atoms with E-state index in [2.05, 4.69) is 48.4 Å². The van der Waals surface area contributed by atoms with Gasteiger partial charge in [0.2, 0.25) is 0 Å². The summed E-state index contributed by atoms with van der Waals surface area (Å²) < 4.78 is 5.92. The third-order valence-electron chi connectivity index (χ3n) is 8.87. The van der Waals surface area contributed by atoms with Crippen LogP contribution in [0.1, 0.15) is 145 Å². The molecule has 2 aromatic rings. The molecule has 3 rings (SSSR count). The lowest BCUT2D eigenvalue weighted by atomic mass is 9.86. The van der Waals surface area contributed by atoms with E-state index in [-0.39, 0.29) is 5.97 Å². The number of hydrogen-bond donors (Lipinski definition) is 0.